The van der Waals surface area contributed by atoms with Crippen LogP contribution in [-0.4, -0.2) is 19.3 Å². The topological polar surface area (TPSA) is 29.1 Å². The molecule has 0 saturated heterocycles. The van der Waals surface area contributed by atoms with Crippen molar-refractivity contribution in [2.24, 2.45) is 0 Å². The second-order valence-electron chi connectivity index (χ2n) is 0.820. The van der Waals surface area contributed by atoms with Crippen LogP contribution in [-0.2, 0) is 9.84 Å². The van der Waals surface area contributed by atoms with E-state index >= 15 is 0 Å². The van der Waals surface area contributed by atoms with Gasteiger partial charge < -0.3 is 4.74 Å². The van der Waals surface area contributed by atoms with Crippen molar-refractivity contribution in [1.82, 2.24) is 0 Å². The Morgan fingerprint density at radius 1 is 2.00 bits per heavy atom. The summed E-state index contributed by atoms with van der Waals surface area (Å²) in [5, 5.41) is 9.91. The first kappa shape index (κ1) is 6.21. The van der Waals surface area contributed by atoms with Crippen molar-refractivity contribution in [2.45, 2.75) is 6.29 Å². The highest BCUT2D eigenvalue weighted by Gasteiger charge is 1.95. The summed E-state index contributed by atoms with van der Waals surface area (Å²) in [5.74, 6) is 0.0243. The highest BCUT2D eigenvalue weighted by atomic mass is 35.5. The van der Waals surface area contributed by atoms with Gasteiger partial charge in [0, 0.05) is 7.11 Å². The Bertz CT molecular complexity index is 28.0. The fourth-order valence-corrected chi connectivity index (χ4v) is 0.189. The number of ether oxygens (including phenoxy) is 1. The third-order valence-electron chi connectivity index (χ3n) is 0.389. The molecule has 0 bridgehead atoms. The van der Waals surface area contributed by atoms with Crippen LogP contribution in [0.3, 0.4) is 0 Å². The molecule has 0 aliphatic carbocycles. The lowest BCUT2D eigenvalue weighted by atomic mass is 10.8. The summed E-state index contributed by atoms with van der Waals surface area (Å²) in [5.41, 5.74) is 0. The van der Waals surface area contributed by atoms with Gasteiger partial charge in [-0.25, -0.2) is 5.11 Å². The fourth-order valence-electron chi connectivity index (χ4n) is 0.0630. The zero-order chi connectivity index (χ0) is 4.99. The summed E-state index contributed by atoms with van der Waals surface area (Å²) in [7, 11) is 1.33. The summed E-state index contributed by atoms with van der Waals surface area (Å²) >= 11 is 5.01. The molecular formula is C3H6ClO2. The molecule has 1 atom stereocenters. The molecule has 0 aromatic rings. The van der Waals surface area contributed by atoms with Gasteiger partial charge in [-0.1, -0.05) is 0 Å². The van der Waals surface area contributed by atoms with Gasteiger partial charge in [0.15, 0.2) is 0 Å². The molecule has 0 aliphatic rings. The third kappa shape index (κ3) is 2.45. The number of halogens is 1. The molecule has 0 aromatic heterocycles. The first-order valence-electron chi connectivity index (χ1n) is 1.56. The van der Waals surface area contributed by atoms with Gasteiger partial charge in [0.1, 0.15) is 0 Å². The van der Waals surface area contributed by atoms with Crippen LogP contribution in [0.15, 0.2) is 0 Å². The van der Waals surface area contributed by atoms with Crippen molar-refractivity contribution in [3.05, 3.63) is 0 Å². The molecular weight excluding hydrogens is 103 g/mol. The summed E-state index contributed by atoms with van der Waals surface area (Å²) in [6, 6.07) is 0. The van der Waals surface area contributed by atoms with E-state index in [1.54, 1.807) is 0 Å². The third-order valence-corrected chi connectivity index (χ3v) is 0.641. The molecule has 0 heterocycles. The molecule has 1 radical (unpaired) electrons. The molecule has 0 aromatic carbocycles. The Balaban J connectivity index is 2.75. The van der Waals surface area contributed by atoms with Crippen molar-refractivity contribution in [2.75, 3.05) is 13.0 Å². The second kappa shape index (κ2) is 3.40. The zero-order valence-corrected chi connectivity index (χ0v) is 4.23. The van der Waals surface area contributed by atoms with E-state index in [0.29, 0.717) is 0 Å². The first-order chi connectivity index (χ1) is 2.81. The first-order valence-corrected chi connectivity index (χ1v) is 2.09. The lowest BCUT2D eigenvalue weighted by Crippen LogP contribution is -2.07. The van der Waals surface area contributed by atoms with Crippen LogP contribution >= 0.6 is 11.6 Å². The van der Waals surface area contributed by atoms with Gasteiger partial charge in [0.2, 0.25) is 6.29 Å². The second-order valence-corrected chi connectivity index (χ2v) is 1.13. The van der Waals surface area contributed by atoms with Crippen molar-refractivity contribution in [1.29, 1.82) is 0 Å². The van der Waals surface area contributed by atoms with Gasteiger partial charge in [0.05, 0.1) is 5.88 Å². The van der Waals surface area contributed by atoms with Crippen molar-refractivity contribution in [3.8, 4) is 0 Å². The molecule has 2 nitrogen and oxygen atoms in total. The fraction of sp³-hybridized carbons (Fsp3) is 1.00. The molecule has 0 spiro atoms. The van der Waals surface area contributed by atoms with E-state index < -0.39 is 6.29 Å². The predicted octanol–water partition coefficient (Wildman–Crippen LogP) is 0.628. The number of methoxy groups -OCH3 is 1. The lowest BCUT2D eigenvalue weighted by molar-refractivity contribution is -0.102. The highest BCUT2D eigenvalue weighted by molar-refractivity contribution is 6.18. The van der Waals surface area contributed by atoms with E-state index in [2.05, 4.69) is 4.74 Å². The normalized spacial score (nSPS) is 14.5. The average molecular weight is 110 g/mol. The summed E-state index contributed by atoms with van der Waals surface area (Å²) in [6.45, 7) is 0. The Morgan fingerprint density at radius 2 is 2.50 bits per heavy atom. The Morgan fingerprint density at radius 3 is 2.50 bits per heavy atom. The van der Waals surface area contributed by atoms with Crippen LogP contribution in [0.5, 0.6) is 0 Å². The maximum Gasteiger partial charge on any atom is 0.204 e. The molecule has 6 heavy (non-hydrogen) atoms. The number of alkyl halides is 1. The quantitative estimate of drug-likeness (QED) is 0.378. The van der Waals surface area contributed by atoms with Crippen LogP contribution < -0.4 is 0 Å². The number of rotatable bonds is 2. The van der Waals surface area contributed by atoms with Gasteiger partial charge in [0.25, 0.3) is 0 Å². The summed E-state index contributed by atoms with van der Waals surface area (Å²) in [4.78, 5) is 0. The van der Waals surface area contributed by atoms with E-state index in [-0.39, 0.29) is 5.88 Å². The minimum atomic E-state index is -1.05. The summed E-state index contributed by atoms with van der Waals surface area (Å²) in [6.07, 6.45) is -1.05. The smallest absolute Gasteiger partial charge is 0.204 e. The standard InChI is InChI=1S/C3H6ClO2/c1-6-3(5)2-4/h3H,2H2,1H3. The van der Waals surface area contributed by atoms with Crippen LogP contribution in [0.25, 0.3) is 0 Å². The minimum absolute atomic E-state index is 0.0243. The van der Waals surface area contributed by atoms with Crippen LogP contribution in [0.2, 0.25) is 0 Å². The Kier molecular flexibility index (Phi) is 3.52. The molecule has 0 fully saturated rings. The average Bonchev–Trinajstić information content (AvgIpc) is 1.65. The Hall–Kier alpha value is 0.210. The number of hydrogen-bond acceptors (Lipinski definition) is 1. The van der Waals surface area contributed by atoms with Crippen molar-refractivity contribution < 1.29 is 9.84 Å². The van der Waals surface area contributed by atoms with Crippen LogP contribution in [0.4, 0.5) is 0 Å². The van der Waals surface area contributed by atoms with Gasteiger partial charge in [-0.05, 0) is 0 Å². The van der Waals surface area contributed by atoms with Crippen LogP contribution in [0, 0.1) is 0 Å². The van der Waals surface area contributed by atoms with E-state index in [0.717, 1.165) is 0 Å². The molecule has 0 aliphatic heterocycles. The molecule has 0 rings (SSSR count). The SMILES string of the molecule is COC([O])CCl. The van der Waals surface area contributed by atoms with Gasteiger partial charge in [-0.2, -0.15) is 0 Å². The monoisotopic (exact) mass is 109 g/mol. The van der Waals surface area contributed by atoms with Gasteiger partial charge >= 0.3 is 0 Å². The molecule has 3 heteroatoms. The van der Waals surface area contributed by atoms with Crippen molar-refractivity contribution >= 4 is 11.6 Å². The Labute approximate surface area is 41.7 Å². The molecule has 0 N–H and O–H groups in total. The summed E-state index contributed by atoms with van der Waals surface area (Å²) < 4.78 is 4.21. The molecule has 0 amide bonds. The van der Waals surface area contributed by atoms with E-state index in [9.17, 15) is 5.11 Å². The molecule has 1 unspecified atom stereocenters. The maximum absolute atomic E-state index is 9.91. The van der Waals surface area contributed by atoms with E-state index in [4.69, 9.17) is 11.6 Å². The van der Waals surface area contributed by atoms with E-state index in [1.807, 2.05) is 0 Å². The van der Waals surface area contributed by atoms with Crippen molar-refractivity contribution in [3.63, 3.8) is 0 Å². The number of hydrogen-bond donors (Lipinski definition) is 0. The highest BCUT2D eigenvalue weighted by Crippen LogP contribution is 1.85. The van der Waals surface area contributed by atoms with E-state index in [1.165, 1.54) is 7.11 Å². The lowest BCUT2D eigenvalue weighted by Gasteiger charge is -1.95. The molecule has 0 saturated carbocycles. The zero-order valence-electron chi connectivity index (χ0n) is 3.48. The van der Waals surface area contributed by atoms with Gasteiger partial charge in [-0.3, -0.25) is 0 Å². The minimum Gasteiger partial charge on any atom is -0.352 e. The predicted molar refractivity (Wildman–Crippen MR) is 22.2 cm³/mol. The van der Waals surface area contributed by atoms with Gasteiger partial charge in [-0.15, -0.1) is 11.6 Å². The largest absolute Gasteiger partial charge is 0.352 e. The molecule has 37 valence electrons. The van der Waals surface area contributed by atoms with Crippen LogP contribution in [0.1, 0.15) is 0 Å². The maximum atomic E-state index is 9.91.